The summed E-state index contributed by atoms with van der Waals surface area (Å²) in [5.74, 6) is 1.28. The second kappa shape index (κ2) is 10.4. The van der Waals surface area contributed by atoms with Crippen molar-refractivity contribution < 1.29 is 17.4 Å². The van der Waals surface area contributed by atoms with Gasteiger partial charge in [-0.1, -0.05) is 26.0 Å². The standard InChI is InChI=1S/C29H38N4O4S/c1-18(2)29(34)31-24-8-7-22-13-21(14-23(22)15-24)16-32-11-10-27(28(17-32)37-38(5,35)36)33-20(4)30-25-12-19(3)6-9-26(25)33/h6-9,12,15,18,21,27-28H,10-11,13-14,16-17H2,1-5H3,(H,31,34)/t21-,27?,28?/m0/s1. The Bertz CT molecular complexity index is 1460. The van der Waals surface area contributed by atoms with Crippen molar-refractivity contribution >= 4 is 32.7 Å². The summed E-state index contributed by atoms with van der Waals surface area (Å²) in [7, 11) is -3.63. The van der Waals surface area contributed by atoms with Gasteiger partial charge in [0.1, 0.15) is 11.9 Å². The van der Waals surface area contributed by atoms with Gasteiger partial charge in [-0.25, -0.2) is 4.98 Å². The van der Waals surface area contributed by atoms with Crippen molar-refractivity contribution in [2.24, 2.45) is 11.8 Å². The summed E-state index contributed by atoms with van der Waals surface area (Å²) in [6.45, 7) is 10.1. The summed E-state index contributed by atoms with van der Waals surface area (Å²) in [6, 6.07) is 12.3. The van der Waals surface area contributed by atoms with Gasteiger partial charge in [-0.2, -0.15) is 8.42 Å². The van der Waals surface area contributed by atoms with Crippen molar-refractivity contribution in [1.82, 2.24) is 14.5 Å². The predicted octanol–water partition coefficient (Wildman–Crippen LogP) is 4.25. The van der Waals surface area contributed by atoms with Crippen LogP contribution in [0.25, 0.3) is 11.0 Å². The molecule has 1 fully saturated rings. The molecule has 2 aromatic carbocycles. The lowest BCUT2D eigenvalue weighted by Gasteiger charge is -2.39. The first-order valence-electron chi connectivity index (χ1n) is 13.5. The molecule has 1 N–H and O–H groups in total. The van der Waals surface area contributed by atoms with Gasteiger partial charge in [0.15, 0.2) is 0 Å². The molecule has 2 heterocycles. The van der Waals surface area contributed by atoms with Crippen molar-refractivity contribution in [3.05, 3.63) is 58.9 Å². The highest BCUT2D eigenvalue weighted by atomic mass is 32.2. The molecule has 3 aromatic rings. The minimum atomic E-state index is -3.63. The van der Waals surface area contributed by atoms with E-state index in [1.54, 1.807) is 0 Å². The van der Waals surface area contributed by atoms with E-state index in [1.807, 2.05) is 33.8 Å². The van der Waals surface area contributed by atoms with Crippen LogP contribution in [0.2, 0.25) is 0 Å². The molecule has 1 aliphatic heterocycles. The van der Waals surface area contributed by atoms with Crippen LogP contribution in [0.1, 0.15) is 48.8 Å². The van der Waals surface area contributed by atoms with Gasteiger partial charge in [0.2, 0.25) is 5.91 Å². The molecular weight excluding hydrogens is 500 g/mol. The third-order valence-electron chi connectivity index (χ3n) is 7.79. The Morgan fingerprint density at radius 1 is 1.13 bits per heavy atom. The Morgan fingerprint density at radius 3 is 2.63 bits per heavy atom. The molecule has 38 heavy (non-hydrogen) atoms. The molecule has 1 amide bonds. The van der Waals surface area contributed by atoms with Crippen molar-refractivity contribution in [3.63, 3.8) is 0 Å². The number of nitrogens with zero attached hydrogens (tertiary/aromatic N) is 3. The number of imidazole rings is 1. The van der Waals surface area contributed by atoms with Crippen LogP contribution in [0.15, 0.2) is 36.4 Å². The lowest BCUT2D eigenvalue weighted by atomic mass is 9.98. The number of anilines is 1. The van der Waals surface area contributed by atoms with Crippen LogP contribution >= 0.6 is 0 Å². The third kappa shape index (κ3) is 5.80. The molecule has 2 aliphatic rings. The van der Waals surface area contributed by atoms with Gasteiger partial charge in [-0.3, -0.25) is 8.98 Å². The number of benzene rings is 2. The first-order valence-corrected chi connectivity index (χ1v) is 15.3. The van der Waals surface area contributed by atoms with E-state index in [0.29, 0.717) is 12.5 Å². The molecule has 2 unspecified atom stereocenters. The number of piperidine rings is 1. The highest BCUT2D eigenvalue weighted by Gasteiger charge is 2.36. The van der Waals surface area contributed by atoms with Crippen LogP contribution < -0.4 is 5.32 Å². The fourth-order valence-electron chi connectivity index (χ4n) is 6.06. The van der Waals surface area contributed by atoms with Crippen molar-refractivity contribution in [3.8, 4) is 0 Å². The number of amides is 1. The molecule has 9 heteroatoms. The Balaban J connectivity index is 1.30. The monoisotopic (exact) mass is 538 g/mol. The largest absolute Gasteiger partial charge is 0.326 e. The van der Waals surface area contributed by atoms with Gasteiger partial charge >= 0.3 is 0 Å². The number of nitrogens with one attached hydrogen (secondary N) is 1. The number of aryl methyl sites for hydroxylation is 2. The van der Waals surface area contributed by atoms with Crippen molar-refractivity contribution in [2.75, 3.05) is 31.2 Å². The lowest BCUT2D eigenvalue weighted by Crippen LogP contribution is -2.48. The van der Waals surface area contributed by atoms with E-state index in [9.17, 15) is 13.2 Å². The molecule has 0 radical (unpaired) electrons. The van der Waals surface area contributed by atoms with Crippen molar-refractivity contribution in [2.45, 2.75) is 59.1 Å². The van der Waals surface area contributed by atoms with Gasteiger partial charge in [-0.05, 0) is 80.0 Å². The second-order valence-electron chi connectivity index (χ2n) is 11.4. The topological polar surface area (TPSA) is 93.5 Å². The van der Waals surface area contributed by atoms with Crippen LogP contribution in [0.3, 0.4) is 0 Å². The molecule has 0 bridgehead atoms. The number of hydrogen-bond acceptors (Lipinski definition) is 6. The molecule has 3 atom stereocenters. The van der Waals surface area contributed by atoms with Crippen LogP contribution in [-0.2, 0) is 31.9 Å². The molecule has 1 aromatic heterocycles. The van der Waals surface area contributed by atoms with Gasteiger partial charge in [0, 0.05) is 31.2 Å². The van der Waals surface area contributed by atoms with E-state index < -0.39 is 16.2 Å². The van der Waals surface area contributed by atoms with Gasteiger partial charge in [-0.15, -0.1) is 0 Å². The summed E-state index contributed by atoms with van der Waals surface area (Å²) < 4.78 is 32.4. The Kier molecular flexibility index (Phi) is 7.37. The van der Waals surface area contributed by atoms with E-state index in [0.717, 1.165) is 66.7 Å². The zero-order valence-corrected chi connectivity index (χ0v) is 23.7. The van der Waals surface area contributed by atoms with Crippen molar-refractivity contribution in [1.29, 1.82) is 0 Å². The summed E-state index contributed by atoms with van der Waals surface area (Å²) in [4.78, 5) is 19.2. The number of fused-ring (bicyclic) bond motifs is 2. The Labute approximate surface area is 225 Å². The third-order valence-corrected chi connectivity index (χ3v) is 8.39. The fourth-order valence-corrected chi connectivity index (χ4v) is 6.70. The number of carbonyl (C=O) groups is 1. The van der Waals surface area contributed by atoms with Gasteiger partial charge in [0.05, 0.1) is 23.3 Å². The maximum absolute atomic E-state index is 12.3. The number of aromatic nitrogens is 2. The van der Waals surface area contributed by atoms with E-state index in [2.05, 4.69) is 45.1 Å². The molecule has 5 rings (SSSR count). The summed E-state index contributed by atoms with van der Waals surface area (Å²) in [5, 5.41) is 3.00. The minimum Gasteiger partial charge on any atom is -0.326 e. The molecular formula is C29H38N4O4S. The quantitative estimate of drug-likeness (QED) is 0.452. The number of carbonyl (C=O) groups excluding carboxylic acids is 1. The highest BCUT2D eigenvalue weighted by Crippen LogP contribution is 2.34. The smallest absolute Gasteiger partial charge is 0.264 e. The summed E-state index contributed by atoms with van der Waals surface area (Å²) in [5.41, 5.74) is 6.55. The molecule has 1 aliphatic carbocycles. The Morgan fingerprint density at radius 2 is 1.89 bits per heavy atom. The van der Waals surface area contributed by atoms with E-state index in [-0.39, 0.29) is 17.9 Å². The van der Waals surface area contributed by atoms with E-state index in [4.69, 9.17) is 9.17 Å². The lowest BCUT2D eigenvalue weighted by molar-refractivity contribution is -0.118. The average Bonchev–Trinajstić information content (AvgIpc) is 3.36. The zero-order valence-electron chi connectivity index (χ0n) is 22.9. The van der Waals surface area contributed by atoms with E-state index >= 15 is 0 Å². The maximum atomic E-state index is 12.3. The molecule has 1 saturated heterocycles. The molecule has 0 saturated carbocycles. The predicted molar refractivity (Wildman–Crippen MR) is 150 cm³/mol. The zero-order chi connectivity index (χ0) is 27.2. The SMILES string of the molecule is Cc1ccc2c(c1)nc(C)n2C1CCN(C[C@H]2Cc3ccc(NC(=O)C(C)C)cc3C2)CC1OS(C)(=O)=O. The molecule has 204 valence electrons. The van der Waals surface area contributed by atoms with Crippen LogP contribution in [0.5, 0.6) is 0 Å². The number of likely N-dealkylation sites (tertiary alicyclic amines) is 1. The maximum Gasteiger partial charge on any atom is 0.264 e. The fraction of sp³-hybridized carbons (Fsp3) is 0.517. The van der Waals surface area contributed by atoms with Gasteiger partial charge < -0.3 is 14.8 Å². The first-order chi connectivity index (χ1) is 18.0. The van der Waals surface area contributed by atoms with Gasteiger partial charge in [0.25, 0.3) is 10.1 Å². The molecule has 0 spiro atoms. The summed E-state index contributed by atoms with van der Waals surface area (Å²) >= 11 is 0. The molecule has 8 nitrogen and oxygen atoms in total. The van der Waals surface area contributed by atoms with Crippen LogP contribution in [0.4, 0.5) is 5.69 Å². The Hall–Kier alpha value is -2.75. The van der Waals surface area contributed by atoms with Crippen LogP contribution in [0, 0.1) is 25.7 Å². The van der Waals surface area contributed by atoms with E-state index in [1.165, 1.54) is 11.1 Å². The number of rotatable bonds is 7. The normalized spacial score (nSPS) is 22.2. The second-order valence-corrected chi connectivity index (χ2v) is 13.0. The van der Waals surface area contributed by atoms with Crippen LogP contribution in [-0.4, -0.2) is 60.8 Å². The minimum absolute atomic E-state index is 0.0235. The summed E-state index contributed by atoms with van der Waals surface area (Å²) in [6.07, 6.45) is 3.36. The highest BCUT2D eigenvalue weighted by molar-refractivity contribution is 7.86. The average molecular weight is 539 g/mol. The number of hydrogen-bond donors (Lipinski definition) is 1. The first kappa shape index (κ1) is 26.8.